The molecule has 2 rings (SSSR count). The summed E-state index contributed by atoms with van der Waals surface area (Å²) in [5, 5.41) is 2.76. The summed E-state index contributed by atoms with van der Waals surface area (Å²) in [4.78, 5) is 12.0. The fourth-order valence-corrected chi connectivity index (χ4v) is 1.99. The maximum Gasteiger partial charge on any atom is 0.245 e. The van der Waals surface area contributed by atoms with Gasteiger partial charge in [-0.3, -0.25) is 4.79 Å². The van der Waals surface area contributed by atoms with Crippen LogP contribution in [0.25, 0.3) is 0 Å². The number of anilines is 1. The van der Waals surface area contributed by atoms with Crippen LogP contribution in [-0.2, 0) is 4.79 Å². The van der Waals surface area contributed by atoms with Crippen molar-refractivity contribution in [1.29, 1.82) is 0 Å². The Morgan fingerprint density at radius 2 is 1.90 bits per heavy atom. The predicted octanol–water partition coefficient (Wildman–Crippen LogP) is 3.43. The molecule has 3 nitrogen and oxygen atoms in total. The van der Waals surface area contributed by atoms with Crippen LogP contribution in [0.5, 0.6) is 0 Å². The molecule has 0 fully saturated rings. The number of nitrogens with one attached hydrogen (secondary N) is 1. The van der Waals surface area contributed by atoms with E-state index in [1.807, 2.05) is 19.1 Å². The van der Waals surface area contributed by atoms with E-state index in [-0.39, 0.29) is 10.7 Å². The fourth-order valence-electron chi connectivity index (χ4n) is 1.77. The highest BCUT2D eigenvalue weighted by atomic mass is 35.5. The first-order valence-corrected chi connectivity index (χ1v) is 6.42. The third kappa shape index (κ3) is 3.56. The molecule has 1 atom stereocenters. The second-order valence-corrected chi connectivity index (χ2v) is 4.97. The highest BCUT2D eigenvalue weighted by Gasteiger charge is 2.16. The largest absolute Gasteiger partial charge is 0.324 e. The van der Waals surface area contributed by atoms with E-state index in [9.17, 15) is 9.18 Å². The summed E-state index contributed by atoms with van der Waals surface area (Å²) in [7, 11) is 0. The molecule has 2 aromatic carbocycles. The van der Waals surface area contributed by atoms with Crippen molar-refractivity contribution in [3.63, 3.8) is 0 Å². The number of benzene rings is 2. The van der Waals surface area contributed by atoms with E-state index in [4.69, 9.17) is 17.3 Å². The van der Waals surface area contributed by atoms with Crippen LogP contribution in [0.2, 0.25) is 5.02 Å². The lowest BCUT2D eigenvalue weighted by Crippen LogP contribution is -2.27. The third-order valence-corrected chi connectivity index (χ3v) is 3.07. The zero-order valence-electron chi connectivity index (χ0n) is 10.9. The minimum Gasteiger partial charge on any atom is -0.324 e. The molecule has 0 saturated heterocycles. The maximum atomic E-state index is 13.2. The minimum atomic E-state index is -0.822. The molecule has 0 radical (unpaired) electrons. The van der Waals surface area contributed by atoms with E-state index < -0.39 is 17.8 Å². The van der Waals surface area contributed by atoms with Crippen molar-refractivity contribution in [2.75, 3.05) is 5.32 Å². The van der Waals surface area contributed by atoms with Crippen molar-refractivity contribution in [3.05, 3.63) is 64.4 Å². The van der Waals surface area contributed by atoms with E-state index in [0.29, 0.717) is 5.56 Å². The molecule has 0 aromatic heterocycles. The summed E-state index contributed by atoms with van der Waals surface area (Å²) < 4.78 is 13.2. The van der Waals surface area contributed by atoms with Gasteiger partial charge in [0.1, 0.15) is 11.9 Å². The molecule has 20 heavy (non-hydrogen) atoms. The van der Waals surface area contributed by atoms with E-state index in [1.54, 1.807) is 12.1 Å². The minimum absolute atomic E-state index is 0.212. The first-order valence-electron chi connectivity index (χ1n) is 6.05. The molecular formula is C15H14ClFN2O. The number of aryl methyl sites for hydroxylation is 1. The summed E-state index contributed by atoms with van der Waals surface area (Å²) in [6, 6.07) is 10.3. The van der Waals surface area contributed by atoms with Crippen LogP contribution in [0.15, 0.2) is 42.5 Å². The number of carbonyl (C=O) groups excluding carboxylic acids is 1. The molecule has 0 spiro atoms. The van der Waals surface area contributed by atoms with Gasteiger partial charge in [0.15, 0.2) is 0 Å². The zero-order chi connectivity index (χ0) is 14.7. The van der Waals surface area contributed by atoms with Gasteiger partial charge in [0.25, 0.3) is 0 Å². The molecule has 1 amide bonds. The molecule has 0 aliphatic heterocycles. The maximum absolute atomic E-state index is 13.2. The molecule has 0 aliphatic rings. The van der Waals surface area contributed by atoms with Crippen LogP contribution in [0, 0.1) is 12.7 Å². The van der Waals surface area contributed by atoms with E-state index in [0.717, 1.165) is 11.6 Å². The second-order valence-electron chi connectivity index (χ2n) is 4.54. The van der Waals surface area contributed by atoms with Gasteiger partial charge in [-0.05, 0) is 30.7 Å². The van der Waals surface area contributed by atoms with Gasteiger partial charge in [-0.25, -0.2) is 4.39 Å². The fraction of sp³-hybridized carbons (Fsp3) is 0.133. The highest BCUT2D eigenvalue weighted by molar-refractivity contribution is 6.30. The van der Waals surface area contributed by atoms with Gasteiger partial charge >= 0.3 is 0 Å². The molecule has 5 heteroatoms. The normalized spacial score (nSPS) is 12.0. The molecule has 0 bridgehead atoms. The van der Waals surface area contributed by atoms with Crippen LogP contribution in [0.1, 0.15) is 17.2 Å². The number of nitrogens with two attached hydrogens (primary N) is 1. The summed E-state index contributed by atoms with van der Waals surface area (Å²) in [6.07, 6.45) is 0. The van der Waals surface area contributed by atoms with E-state index in [2.05, 4.69) is 5.32 Å². The number of amides is 1. The Kier molecular flexibility index (Phi) is 4.37. The van der Waals surface area contributed by atoms with Crippen LogP contribution in [-0.4, -0.2) is 5.91 Å². The smallest absolute Gasteiger partial charge is 0.245 e. The Balaban J connectivity index is 2.13. The average molecular weight is 293 g/mol. The van der Waals surface area contributed by atoms with Crippen LogP contribution in [0.3, 0.4) is 0 Å². The van der Waals surface area contributed by atoms with Gasteiger partial charge in [-0.1, -0.05) is 41.4 Å². The lowest BCUT2D eigenvalue weighted by Gasteiger charge is -2.13. The Morgan fingerprint density at radius 3 is 2.50 bits per heavy atom. The summed E-state index contributed by atoms with van der Waals surface area (Å²) >= 11 is 5.73. The first-order chi connectivity index (χ1) is 9.45. The van der Waals surface area contributed by atoms with Gasteiger partial charge < -0.3 is 11.1 Å². The van der Waals surface area contributed by atoms with Crippen LogP contribution in [0.4, 0.5) is 10.1 Å². The molecule has 0 aliphatic carbocycles. The van der Waals surface area contributed by atoms with Crippen molar-refractivity contribution < 1.29 is 9.18 Å². The molecule has 1 unspecified atom stereocenters. The lowest BCUT2D eigenvalue weighted by molar-refractivity contribution is -0.117. The number of carbonyl (C=O) groups is 1. The quantitative estimate of drug-likeness (QED) is 0.910. The highest BCUT2D eigenvalue weighted by Crippen LogP contribution is 2.20. The van der Waals surface area contributed by atoms with Gasteiger partial charge in [0.05, 0.1) is 0 Å². The summed E-state index contributed by atoms with van der Waals surface area (Å²) in [6.45, 7) is 1.95. The van der Waals surface area contributed by atoms with Gasteiger partial charge in [0, 0.05) is 10.7 Å². The zero-order valence-corrected chi connectivity index (χ0v) is 11.6. The van der Waals surface area contributed by atoms with E-state index >= 15 is 0 Å². The summed E-state index contributed by atoms with van der Waals surface area (Å²) in [5.41, 5.74) is 7.93. The van der Waals surface area contributed by atoms with Crippen LogP contribution < -0.4 is 11.1 Å². The summed E-state index contributed by atoms with van der Waals surface area (Å²) in [5.74, 6) is -0.938. The Bertz CT molecular complexity index is 608. The Morgan fingerprint density at radius 1 is 1.25 bits per heavy atom. The number of hydrogen-bond acceptors (Lipinski definition) is 2. The van der Waals surface area contributed by atoms with Crippen molar-refractivity contribution >= 4 is 23.2 Å². The Hall–Kier alpha value is -1.91. The number of hydrogen-bond donors (Lipinski definition) is 2. The molecular weight excluding hydrogens is 279 g/mol. The molecule has 2 aromatic rings. The van der Waals surface area contributed by atoms with E-state index in [1.165, 1.54) is 12.1 Å². The topological polar surface area (TPSA) is 55.1 Å². The van der Waals surface area contributed by atoms with Crippen molar-refractivity contribution in [2.45, 2.75) is 13.0 Å². The first kappa shape index (κ1) is 14.5. The average Bonchev–Trinajstić information content (AvgIpc) is 2.37. The Labute approximate surface area is 121 Å². The van der Waals surface area contributed by atoms with Crippen molar-refractivity contribution in [2.24, 2.45) is 5.73 Å². The van der Waals surface area contributed by atoms with Crippen molar-refractivity contribution in [3.8, 4) is 0 Å². The van der Waals surface area contributed by atoms with Gasteiger partial charge in [-0.2, -0.15) is 0 Å². The molecule has 104 valence electrons. The predicted molar refractivity (Wildman–Crippen MR) is 78.1 cm³/mol. The van der Waals surface area contributed by atoms with Gasteiger partial charge in [-0.15, -0.1) is 0 Å². The third-order valence-electron chi connectivity index (χ3n) is 2.85. The molecule has 3 N–H and O–H groups in total. The van der Waals surface area contributed by atoms with Crippen LogP contribution >= 0.6 is 11.6 Å². The monoisotopic (exact) mass is 292 g/mol. The lowest BCUT2D eigenvalue weighted by atomic mass is 10.1. The number of rotatable bonds is 3. The second kappa shape index (κ2) is 6.03. The molecule has 0 saturated carbocycles. The SMILES string of the molecule is Cc1ccc(C(N)C(=O)Nc2cc(F)cc(Cl)c2)cc1. The molecule has 0 heterocycles. The van der Waals surface area contributed by atoms with Crippen molar-refractivity contribution in [1.82, 2.24) is 0 Å². The van der Waals surface area contributed by atoms with Gasteiger partial charge in [0.2, 0.25) is 5.91 Å². The standard InChI is InChI=1S/C15H14ClFN2O/c1-9-2-4-10(5-3-9)14(18)15(20)19-13-7-11(16)6-12(17)8-13/h2-8,14H,18H2,1H3,(H,19,20). The number of halogens is 2.